The highest BCUT2D eigenvalue weighted by molar-refractivity contribution is 5.85. The number of aromatic nitrogens is 1. The maximum absolute atomic E-state index is 5.60. The van der Waals surface area contributed by atoms with E-state index < -0.39 is 0 Å². The molecule has 0 atom stereocenters. The van der Waals surface area contributed by atoms with Crippen molar-refractivity contribution in [1.82, 2.24) is 4.57 Å². The predicted octanol–water partition coefficient (Wildman–Crippen LogP) is 3.17. The number of nitrogens with two attached hydrogens (primary N) is 1. The van der Waals surface area contributed by atoms with Gasteiger partial charge < -0.3 is 10.3 Å². The van der Waals surface area contributed by atoms with E-state index in [2.05, 4.69) is 43.7 Å². The van der Waals surface area contributed by atoms with Crippen molar-refractivity contribution < 1.29 is 0 Å². The zero-order valence-corrected chi connectivity index (χ0v) is 11.1. The Morgan fingerprint density at radius 2 is 1.88 bits per heavy atom. The van der Waals surface area contributed by atoms with Crippen LogP contribution < -0.4 is 5.73 Å². The maximum Gasteiger partial charge on any atom is 0.0486 e. The molecule has 0 aliphatic heterocycles. The second-order valence-corrected chi connectivity index (χ2v) is 4.80. The fourth-order valence-corrected chi connectivity index (χ4v) is 2.35. The van der Waals surface area contributed by atoms with Crippen molar-refractivity contribution in [2.45, 2.75) is 40.2 Å². The quantitative estimate of drug-likeness (QED) is 0.859. The van der Waals surface area contributed by atoms with Crippen LogP contribution in [0.1, 0.15) is 30.0 Å². The molecule has 1 aromatic heterocycles. The van der Waals surface area contributed by atoms with Crippen molar-refractivity contribution in [2.24, 2.45) is 5.73 Å². The van der Waals surface area contributed by atoms with Crippen LogP contribution in [0.5, 0.6) is 0 Å². The summed E-state index contributed by atoms with van der Waals surface area (Å²) in [4.78, 5) is 0. The molecule has 1 aromatic carbocycles. The normalized spacial score (nSPS) is 11.3. The first-order chi connectivity index (χ1) is 8.17. The molecule has 0 saturated carbocycles. The first-order valence-electron chi connectivity index (χ1n) is 6.46. The number of hydrogen-bond donors (Lipinski definition) is 1. The smallest absolute Gasteiger partial charge is 0.0486 e. The van der Waals surface area contributed by atoms with Gasteiger partial charge in [0.1, 0.15) is 0 Å². The van der Waals surface area contributed by atoms with Crippen LogP contribution in [0.2, 0.25) is 0 Å². The van der Waals surface area contributed by atoms with E-state index in [-0.39, 0.29) is 0 Å². The van der Waals surface area contributed by atoms with E-state index in [1.165, 1.54) is 27.6 Å². The van der Waals surface area contributed by atoms with Crippen molar-refractivity contribution in [3.8, 4) is 0 Å². The second-order valence-electron chi connectivity index (χ2n) is 4.80. The topological polar surface area (TPSA) is 30.9 Å². The molecule has 1 heterocycles. The first kappa shape index (κ1) is 12.2. The minimum absolute atomic E-state index is 0.756. The highest BCUT2D eigenvalue weighted by Crippen LogP contribution is 2.25. The van der Waals surface area contributed by atoms with Crippen molar-refractivity contribution in [1.29, 1.82) is 0 Å². The lowest BCUT2D eigenvalue weighted by Crippen LogP contribution is -2.04. The van der Waals surface area contributed by atoms with Gasteiger partial charge in [-0.2, -0.15) is 0 Å². The summed E-state index contributed by atoms with van der Waals surface area (Å²) in [6.45, 7) is 8.37. The minimum Gasteiger partial charge on any atom is -0.347 e. The Hall–Kier alpha value is -1.28. The van der Waals surface area contributed by atoms with Crippen LogP contribution in [-0.2, 0) is 13.0 Å². The highest BCUT2D eigenvalue weighted by Gasteiger charge is 2.08. The van der Waals surface area contributed by atoms with Gasteiger partial charge in [0.2, 0.25) is 0 Å². The maximum atomic E-state index is 5.60. The molecule has 17 heavy (non-hydrogen) atoms. The molecular formula is C15H22N2. The predicted molar refractivity (Wildman–Crippen MR) is 74.5 cm³/mol. The number of nitrogens with zero attached hydrogens (tertiary/aromatic N) is 1. The molecule has 2 rings (SSSR count). The van der Waals surface area contributed by atoms with Crippen molar-refractivity contribution in [3.05, 3.63) is 35.0 Å². The van der Waals surface area contributed by atoms with Crippen LogP contribution >= 0.6 is 0 Å². The van der Waals surface area contributed by atoms with Crippen LogP contribution in [0.25, 0.3) is 10.9 Å². The summed E-state index contributed by atoms with van der Waals surface area (Å²) < 4.78 is 2.35. The Balaban J connectivity index is 2.57. The summed E-state index contributed by atoms with van der Waals surface area (Å²) in [6, 6.07) is 4.63. The Morgan fingerprint density at radius 3 is 2.53 bits per heavy atom. The zero-order chi connectivity index (χ0) is 12.4. The lowest BCUT2D eigenvalue weighted by Gasteiger charge is -2.06. The Labute approximate surface area is 103 Å². The molecule has 92 valence electrons. The van der Waals surface area contributed by atoms with Gasteiger partial charge in [-0.1, -0.05) is 6.92 Å². The summed E-state index contributed by atoms with van der Waals surface area (Å²) in [5, 5.41) is 1.41. The molecule has 2 N–H and O–H groups in total. The van der Waals surface area contributed by atoms with Crippen molar-refractivity contribution >= 4 is 10.9 Å². The number of hydrogen-bond acceptors (Lipinski definition) is 1. The SMILES string of the molecule is CCc1cn(CCCN)c2cc(C)c(C)cc12. The number of aryl methyl sites for hydroxylation is 4. The third-order valence-corrected chi connectivity index (χ3v) is 3.56. The first-order valence-corrected chi connectivity index (χ1v) is 6.46. The molecule has 0 amide bonds. The lowest BCUT2D eigenvalue weighted by molar-refractivity contribution is 0.669. The molecule has 0 fully saturated rings. The summed E-state index contributed by atoms with van der Waals surface area (Å²) in [5.74, 6) is 0. The summed E-state index contributed by atoms with van der Waals surface area (Å²) in [5.41, 5.74) is 11.2. The highest BCUT2D eigenvalue weighted by atomic mass is 15.0. The van der Waals surface area contributed by atoms with Crippen LogP contribution in [-0.4, -0.2) is 11.1 Å². The van der Waals surface area contributed by atoms with Gasteiger partial charge in [0.15, 0.2) is 0 Å². The molecule has 0 aliphatic carbocycles. The van der Waals surface area contributed by atoms with Gasteiger partial charge in [0.05, 0.1) is 0 Å². The molecule has 0 unspecified atom stereocenters. The van der Waals surface area contributed by atoms with Crippen LogP contribution in [0.3, 0.4) is 0 Å². The second kappa shape index (κ2) is 4.92. The monoisotopic (exact) mass is 230 g/mol. The average Bonchev–Trinajstić information content (AvgIpc) is 2.65. The number of benzene rings is 1. The van der Waals surface area contributed by atoms with Gasteiger partial charge in [-0.25, -0.2) is 0 Å². The third kappa shape index (κ3) is 2.22. The zero-order valence-electron chi connectivity index (χ0n) is 11.1. The molecule has 2 heteroatoms. The van der Waals surface area contributed by atoms with Gasteiger partial charge in [0, 0.05) is 23.6 Å². The lowest BCUT2D eigenvalue weighted by atomic mass is 10.0. The number of fused-ring (bicyclic) bond motifs is 1. The number of rotatable bonds is 4. The fraction of sp³-hybridized carbons (Fsp3) is 0.467. The molecule has 2 aromatic rings. The van der Waals surface area contributed by atoms with E-state index in [1.807, 2.05) is 0 Å². The molecular weight excluding hydrogens is 208 g/mol. The van der Waals surface area contributed by atoms with Crippen molar-refractivity contribution in [2.75, 3.05) is 6.54 Å². The van der Waals surface area contributed by atoms with E-state index >= 15 is 0 Å². The van der Waals surface area contributed by atoms with Gasteiger partial charge >= 0.3 is 0 Å². The van der Waals surface area contributed by atoms with Gasteiger partial charge in [-0.3, -0.25) is 0 Å². The Kier molecular flexibility index (Phi) is 3.53. The van der Waals surface area contributed by atoms with Crippen LogP contribution in [0.15, 0.2) is 18.3 Å². The van der Waals surface area contributed by atoms with E-state index in [1.54, 1.807) is 0 Å². The summed E-state index contributed by atoms with van der Waals surface area (Å²) in [7, 11) is 0. The van der Waals surface area contributed by atoms with E-state index in [0.717, 1.165) is 25.9 Å². The standard InChI is InChI=1S/C15H22N2/c1-4-13-10-17(7-5-6-16)15-9-12(3)11(2)8-14(13)15/h8-10H,4-7,16H2,1-3H3. The van der Waals surface area contributed by atoms with E-state index in [9.17, 15) is 0 Å². The molecule has 2 nitrogen and oxygen atoms in total. The van der Waals surface area contributed by atoms with Crippen molar-refractivity contribution in [3.63, 3.8) is 0 Å². The van der Waals surface area contributed by atoms with Gasteiger partial charge in [-0.05, 0) is 62.1 Å². The van der Waals surface area contributed by atoms with E-state index in [0.29, 0.717) is 0 Å². The molecule has 0 bridgehead atoms. The minimum atomic E-state index is 0.756. The Bertz CT molecular complexity index is 523. The van der Waals surface area contributed by atoms with Gasteiger partial charge in [-0.15, -0.1) is 0 Å². The fourth-order valence-electron chi connectivity index (χ4n) is 2.35. The molecule has 0 radical (unpaired) electrons. The molecule has 0 aliphatic rings. The summed E-state index contributed by atoms with van der Waals surface area (Å²) in [6.07, 6.45) is 4.42. The molecule has 0 saturated heterocycles. The van der Waals surface area contributed by atoms with Gasteiger partial charge in [0.25, 0.3) is 0 Å². The third-order valence-electron chi connectivity index (χ3n) is 3.56. The van der Waals surface area contributed by atoms with Crippen LogP contribution in [0.4, 0.5) is 0 Å². The van der Waals surface area contributed by atoms with Crippen LogP contribution in [0, 0.1) is 13.8 Å². The molecule has 0 spiro atoms. The average molecular weight is 230 g/mol. The largest absolute Gasteiger partial charge is 0.347 e. The Morgan fingerprint density at radius 1 is 1.18 bits per heavy atom. The van der Waals surface area contributed by atoms with E-state index in [4.69, 9.17) is 5.73 Å². The summed E-state index contributed by atoms with van der Waals surface area (Å²) >= 11 is 0.